The Morgan fingerprint density at radius 1 is 1.31 bits per heavy atom. The molecule has 1 aromatic rings. The number of carbonyl (C=O) groups is 2. The van der Waals surface area contributed by atoms with Crippen molar-refractivity contribution in [1.29, 1.82) is 0 Å². The number of carbonyl (C=O) groups excluding carboxylic acids is 2. The average molecular weight is 451 g/mol. The zero-order valence-corrected chi connectivity index (χ0v) is 17.0. The fraction of sp³-hybridized carbons (Fsp3) is 0.429. The Morgan fingerprint density at radius 2 is 1.90 bits per heavy atom. The number of benzene rings is 1. The van der Waals surface area contributed by atoms with Crippen molar-refractivity contribution < 1.29 is 41.7 Å². The summed E-state index contributed by atoms with van der Waals surface area (Å²) in [4.78, 5) is 34.7. The molecule has 1 aliphatic rings. The van der Waals surface area contributed by atoms with Gasteiger partial charge in [-0.25, -0.2) is 4.79 Å². The Kier molecular flexibility index (Phi) is 6.39. The highest BCUT2D eigenvalue weighted by atomic mass is 32.2. The fourth-order valence-electron chi connectivity index (χ4n) is 2.74. The van der Waals surface area contributed by atoms with Crippen molar-refractivity contribution in [3.05, 3.63) is 39.9 Å². The number of β-lactam (4-membered cyclic amide) rings is 1. The Bertz CT molecular complexity index is 916. The van der Waals surface area contributed by atoms with Crippen molar-refractivity contribution in [3.63, 3.8) is 0 Å². The van der Waals surface area contributed by atoms with E-state index in [9.17, 15) is 32.7 Å². The van der Waals surface area contributed by atoms with Gasteiger partial charge < -0.3 is 14.2 Å². The van der Waals surface area contributed by atoms with Gasteiger partial charge in [-0.2, -0.15) is 12.7 Å². The number of thioether (sulfide) groups is 1. The molecule has 29 heavy (non-hydrogen) atoms. The van der Waals surface area contributed by atoms with E-state index in [-0.39, 0.29) is 16.6 Å². The van der Waals surface area contributed by atoms with Crippen LogP contribution in [0.2, 0.25) is 0 Å². The van der Waals surface area contributed by atoms with Gasteiger partial charge in [0.1, 0.15) is 6.61 Å². The molecule has 2 N–H and O–H groups in total. The molecular weight excluding hydrogens is 434 g/mol. The molecule has 0 bridgehead atoms. The third-order valence-corrected chi connectivity index (χ3v) is 6.27. The molecule has 2 atom stereocenters. The molecule has 1 aromatic carbocycles. The minimum absolute atomic E-state index is 0.0325. The van der Waals surface area contributed by atoms with Gasteiger partial charge in [-0.3, -0.25) is 24.8 Å². The number of methoxy groups -OCH3 is 2. The van der Waals surface area contributed by atoms with Gasteiger partial charge in [-0.05, 0) is 24.0 Å². The number of nitrogens with one attached hydrogen (secondary N) is 1. The van der Waals surface area contributed by atoms with Crippen LogP contribution in [0, 0.1) is 10.1 Å². The van der Waals surface area contributed by atoms with Crippen molar-refractivity contribution in [2.24, 2.45) is 0 Å². The second-order valence-corrected chi connectivity index (χ2v) is 7.77. The zero-order chi connectivity index (χ0) is 22.0. The van der Waals surface area contributed by atoms with E-state index in [1.807, 2.05) is 0 Å². The Hall–Kier alpha value is -2.46. The first-order chi connectivity index (χ1) is 13.5. The number of rotatable bonds is 8. The van der Waals surface area contributed by atoms with Gasteiger partial charge in [0.05, 0.1) is 4.92 Å². The SMILES string of the molecule is COC1(SC)N(S(=O)(=O)O)C(=O)[C@]1(NC(=O)OCc1ccc([N+](=O)[O-])cc1)OC. The van der Waals surface area contributed by atoms with E-state index in [1.165, 1.54) is 30.5 Å². The molecule has 1 saturated heterocycles. The van der Waals surface area contributed by atoms with Gasteiger partial charge in [0, 0.05) is 26.4 Å². The molecule has 0 spiro atoms. The number of ether oxygens (including phenoxy) is 3. The maximum Gasteiger partial charge on any atom is 0.410 e. The molecule has 15 heteroatoms. The summed E-state index contributed by atoms with van der Waals surface area (Å²) in [7, 11) is -2.94. The van der Waals surface area contributed by atoms with Crippen LogP contribution in [0.1, 0.15) is 5.56 Å². The second-order valence-electron chi connectivity index (χ2n) is 5.55. The van der Waals surface area contributed by atoms with Crippen LogP contribution in [0.4, 0.5) is 10.5 Å². The monoisotopic (exact) mass is 451 g/mol. The second kappa shape index (κ2) is 8.11. The number of amides is 2. The molecule has 1 aliphatic heterocycles. The molecule has 1 heterocycles. The third-order valence-electron chi connectivity index (χ3n) is 4.08. The maximum atomic E-state index is 12.4. The van der Waals surface area contributed by atoms with Gasteiger partial charge in [-0.1, -0.05) is 0 Å². The van der Waals surface area contributed by atoms with E-state index < -0.39 is 38.0 Å². The van der Waals surface area contributed by atoms with Gasteiger partial charge in [0.25, 0.3) is 16.5 Å². The van der Waals surface area contributed by atoms with E-state index in [1.54, 1.807) is 0 Å². The summed E-state index contributed by atoms with van der Waals surface area (Å²) < 4.78 is 47.6. The summed E-state index contributed by atoms with van der Waals surface area (Å²) >= 11 is 0.675. The molecule has 0 aliphatic carbocycles. The predicted octanol–water partition coefficient (Wildman–Crippen LogP) is 0.472. The van der Waals surface area contributed by atoms with E-state index in [4.69, 9.17) is 14.2 Å². The van der Waals surface area contributed by atoms with Gasteiger partial charge >= 0.3 is 22.3 Å². The van der Waals surface area contributed by atoms with Gasteiger partial charge in [-0.15, -0.1) is 11.8 Å². The lowest BCUT2D eigenvalue weighted by Crippen LogP contribution is -2.88. The topological polar surface area (TPSA) is 175 Å². The first-order valence-electron chi connectivity index (χ1n) is 7.65. The van der Waals surface area contributed by atoms with Crippen molar-refractivity contribution in [2.75, 3.05) is 20.5 Å². The van der Waals surface area contributed by atoms with Crippen LogP contribution in [-0.2, 0) is 35.9 Å². The number of nitro groups is 1. The van der Waals surface area contributed by atoms with E-state index in [2.05, 4.69) is 5.32 Å². The van der Waals surface area contributed by atoms with Crippen LogP contribution in [0.25, 0.3) is 0 Å². The summed E-state index contributed by atoms with van der Waals surface area (Å²) in [5.74, 6) is -1.30. The molecule has 1 fully saturated rings. The lowest BCUT2D eigenvalue weighted by atomic mass is 10.0. The summed E-state index contributed by atoms with van der Waals surface area (Å²) in [5, 5.41) is 10.6. The smallest absolute Gasteiger partial charge is 0.410 e. The first-order valence-corrected chi connectivity index (χ1v) is 10.3. The van der Waals surface area contributed by atoms with Crippen molar-refractivity contribution in [3.8, 4) is 0 Å². The molecule has 13 nitrogen and oxygen atoms in total. The van der Waals surface area contributed by atoms with Gasteiger partial charge in [0.15, 0.2) is 0 Å². The summed E-state index contributed by atoms with van der Waals surface area (Å²) in [6, 6.07) is 5.17. The Morgan fingerprint density at radius 3 is 2.31 bits per heavy atom. The van der Waals surface area contributed by atoms with E-state index in [0.29, 0.717) is 17.3 Å². The van der Waals surface area contributed by atoms with Crippen LogP contribution < -0.4 is 5.32 Å². The number of nitro benzene ring substituents is 1. The summed E-state index contributed by atoms with van der Waals surface area (Å²) in [5.41, 5.74) is -2.03. The molecule has 160 valence electrons. The normalized spacial score (nSPS) is 24.0. The minimum atomic E-state index is -5.02. The van der Waals surface area contributed by atoms with Crippen LogP contribution in [0.5, 0.6) is 0 Å². The number of non-ortho nitro benzene ring substituents is 1. The lowest BCUT2D eigenvalue weighted by Gasteiger charge is -2.57. The van der Waals surface area contributed by atoms with Gasteiger partial charge in [0.2, 0.25) is 0 Å². The molecule has 0 aromatic heterocycles. The van der Waals surface area contributed by atoms with Crippen LogP contribution in [0.3, 0.4) is 0 Å². The molecule has 0 radical (unpaired) electrons. The highest BCUT2D eigenvalue weighted by Gasteiger charge is 2.79. The first kappa shape index (κ1) is 22.8. The Balaban J connectivity index is 2.18. The van der Waals surface area contributed by atoms with E-state index in [0.717, 1.165) is 14.2 Å². The average Bonchev–Trinajstić information content (AvgIpc) is 2.67. The minimum Gasteiger partial charge on any atom is -0.445 e. The molecule has 2 rings (SSSR count). The third kappa shape index (κ3) is 3.74. The highest BCUT2D eigenvalue weighted by Crippen LogP contribution is 2.50. The molecule has 2 amide bonds. The number of alkyl carbamates (subject to hydrolysis) is 1. The molecule has 1 unspecified atom stereocenters. The highest BCUT2D eigenvalue weighted by molar-refractivity contribution is 8.00. The van der Waals surface area contributed by atoms with Crippen LogP contribution in [0.15, 0.2) is 24.3 Å². The lowest BCUT2D eigenvalue weighted by molar-refractivity contribution is -0.384. The quantitative estimate of drug-likeness (QED) is 0.185. The number of hydrogen-bond donors (Lipinski definition) is 2. The van der Waals surface area contributed by atoms with E-state index >= 15 is 0 Å². The zero-order valence-electron chi connectivity index (χ0n) is 15.3. The van der Waals surface area contributed by atoms with Crippen LogP contribution >= 0.6 is 11.8 Å². The maximum absolute atomic E-state index is 12.4. The molecule has 0 saturated carbocycles. The van der Waals surface area contributed by atoms with Crippen molar-refractivity contribution >= 4 is 39.8 Å². The molecular formula is C14H17N3O10S2. The standard InChI is InChI=1S/C14H17N3O10S2/c1-25-13(11(18)16(29(22,23)24)14(13,26-2)28-3)15-12(19)27-8-9-4-6-10(7-5-9)17(20)21/h4-7H,8H2,1-3H3,(H,15,19)(H,22,23,24)/t13-,14?/m0/s1. The summed E-state index contributed by atoms with van der Waals surface area (Å²) in [6.45, 7) is -0.306. The number of hydrogen-bond acceptors (Lipinski definition) is 10. The van der Waals surface area contributed by atoms with Crippen molar-refractivity contribution in [1.82, 2.24) is 9.62 Å². The van der Waals surface area contributed by atoms with Crippen molar-refractivity contribution in [2.45, 2.75) is 17.4 Å². The number of nitrogens with zero attached hydrogens (tertiary/aromatic N) is 2. The Labute approximate surface area is 169 Å². The predicted molar refractivity (Wildman–Crippen MR) is 97.8 cm³/mol. The summed E-state index contributed by atoms with van der Waals surface area (Å²) in [6.07, 6.45) is 0.204. The largest absolute Gasteiger partial charge is 0.445 e. The van der Waals surface area contributed by atoms with Crippen LogP contribution in [-0.4, -0.2) is 65.5 Å². The fourth-order valence-corrected chi connectivity index (χ4v) is 5.01.